The molecular formula is C19H31IN4O3S. The summed E-state index contributed by atoms with van der Waals surface area (Å²) in [5.74, 6) is 1.98. The Bertz CT molecular complexity index is 747. The average Bonchev–Trinajstić information content (AvgIpc) is 2.67. The molecule has 0 unspecified atom stereocenters. The van der Waals surface area contributed by atoms with Crippen molar-refractivity contribution in [3.63, 3.8) is 0 Å². The molecule has 1 aromatic rings. The lowest BCUT2D eigenvalue weighted by Crippen LogP contribution is -2.43. The van der Waals surface area contributed by atoms with Crippen molar-refractivity contribution >= 4 is 40.0 Å². The van der Waals surface area contributed by atoms with Crippen LogP contribution in [0.15, 0.2) is 41.9 Å². The van der Waals surface area contributed by atoms with E-state index < -0.39 is 10.0 Å². The van der Waals surface area contributed by atoms with Crippen LogP contribution in [-0.2, 0) is 16.6 Å². The van der Waals surface area contributed by atoms with Gasteiger partial charge in [0.25, 0.3) is 0 Å². The largest absolute Gasteiger partial charge is 0.489 e. The number of hydrogen-bond acceptors (Lipinski definition) is 4. The molecule has 1 fully saturated rings. The second kappa shape index (κ2) is 12.3. The van der Waals surface area contributed by atoms with Crippen LogP contribution in [0.25, 0.3) is 0 Å². The first-order valence-corrected chi connectivity index (χ1v) is 11.0. The summed E-state index contributed by atoms with van der Waals surface area (Å²) in [5, 5.41) is 6.64. The maximum Gasteiger partial charge on any atom is 0.211 e. The van der Waals surface area contributed by atoms with Crippen molar-refractivity contribution in [3.05, 3.63) is 42.5 Å². The molecule has 0 aromatic heterocycles. The summed E-state index contributed by atoms with van der Waals surface area (Å²) in [6.07, 6.45) is 4.71. The predicted molar refractivity (Wildman–Crippen MR) is 125 cm³/mol. The smallest absolute Gasteiger partial charge is 0.211 e. The van der Waals surface area contributed by atoms with E-state index in [-0.39, 0.29) is 24.0 Å². The Kier molecular flexibility index (Phi) is 10.8. The molecule has 158 valence electrons. The summed E-state index contributed by atoms with van der Waals surface area (Å²) in [4.78, 5) is 4.26. The zero-order valence-corrected chi connectivity index (χ0v) is 19.7. The van der Waals surface area contributed by atoms with Gasteiger partial charge in [0.15, 0.2) is 5.96 Å². The zero-order valence-electron chi connectivity index (χ0n) is 16.6. The van der Waals surface area contributed by atoms with Crippen LogP contribution in [0.1, 0.15) is 18.4 Å². The molecule has 0 amide bonds. The molecule has 2 rings (SSSR count). The minimum Gasteiger partial charge on any atom is -0.489 e. The maximum atomic E-state index is 11.6. The fraction of sp³-hybridized carbons (Fsp3) is 0.526. The highest BCUT2D eigenvalue weighted by atomic mass is 127. The first-order valence-electron chi connectivity index (χ1n) is 9.15. The van der Waals surface area contributed by atoms with Crippen molar-refractivity contribution in [1.82, 2.24) is 14.9 Å². The van der Waals surface area contributed by atoms with Gasteiger partial charge in [-0.3, -0.25) is 4.99 Å². The van der Waals surface area contributed by atoms with E-state index in [1.165, 1.54) is 6.26 Å². The van der Waals surface area contributed by atoms with E-state index in [2.05, 4.69) is 22.2 Å². The average molecular weight is 522 g/mol. The highest BCUT2D eigenvalue weighted by Crippen LogP contribution is 2.19. The first kappa shape index (κ1) is 24.7. The molecule has 1 aliphatic rings. The van der Waals surface area contributed by atoms with Crippen LogP contribution in [0, 0.1) is 5.92 Å². The molecule has 0 bridgehead atoms. The lowest BCUT2D eigenvalue weighted by Gasteiger charge is -2.30. The van der Waals surface area contributed by atoms with Gasteiger partial charge in [-0.05, 0) is 24.8 Å². The molecule has 0 aliphatic carbocycles. The third kappa shape index (κ3) is 7.96. The zero-order chi connectivity index (χ0) is 19.7. The second-order valence-electron chi connectivity index (χ2n) is 6.62. The summed E-state index contributed by atoms with van der Waals surface area (Å²) in [5.41, 5.74) is 1.05. The highest BCUT2D eigenvalue weighted by molar-refractivity contribution is 14.0. The highest BCUT2D eigenvalue weighted by Gasteiger charge is 2.24. The molecular weight excluding hydrogens is 491 g/mol. The monoisotopic (exact) mass is 522 g/mol. The van der Waals surface area contributed by atoms with Crippen LogP contribution in [0.3, 0.4) is 0 Å². The number of nitrogens with zero attached hydrogens (tertiary/aromatic N) is 2. The lowest BCUT2D eigenvalue weighted by molar-refractivity contribution is 0.275. The number of nitrogens with one attached hydrogen (secondary N) is 2. The summed E-state index contributed by atoms with van der Waals surface area (Å²) in [6.45, 7) is 6.69. The van der Waals surface area contributed by atoms with Gasteiger partial charge >= 0.3 is 0 Å². The SMILES string of the molecule is C=CCOc1ccccc1CNC(=NC)NCC1CCN(S(C)(=O)=O)CC1.I. The number of benzene rings is 1. The number of halogens is 1. The number of sulfonamides is 1. The predicted octanol–water partition coefficient (Wildman–Crippen LogP) is 2.21. The van der Waals surface area contributed by atoms with Crippen LogP contribution < -0.4 is 15.4 Å². The van der Waals surface area contributed by atoms with Crippen molar-refractivity contribution in [1.29, 1.82) is 0 Å². The number of guanidine groups is 1. The molecule has 1 saturated heterocycles. The van der Waals surface area contributed by atoms with Gasteiger partial charge in [-0.1, -0.05) is 30.9 Å². The van der Waals surface area contributed by atoms with E-state index in [1.54, 1.807) is 17.4 Å². The van der Waals surface area contributed by atoms with E-state index in [1.807, 2.05) is 24.3 Å². The van der Waals surface area contributed by atoms with Gasteiger partial charge < -0.3 is 15.4 Å². The molecule has 28 heavy (non-hydrogen) atoms. The number of hydrogen-bond donors (Lipinski definition) is 2. The van der Waals surface area contributed by atoms with Crippen molar-refractivity contribution < 1.29 is 13.2 Å². The molecule has 1 aromatic carbocycles. The first-order chi connectivity index (χ1) is 12.9. The molecule has 7 nitrogen and oxygen atoms in total. The Labute approximate surface area is 185 Å². The molecule has 2 N–H and O–H groups in total. The van der Waals surface area contributed by atoms with Crippen LogP contribution in [0.5, 0.6) is 5.75 Å². The summed E-state index contributed by atoms with van der Waals surface area (Å²) in [6, 6.07) is 7.87. The van der Waals surface area contributed by atoms with Crippen molar-refractivity contribution in [3.8, 4) is 5.75 Å². The Hall–Kier alpha value is -1.33. The van der Waals surface area contributed by atoms with Gasteiger partial charge in [0.2, 0.25) is 10.0 Å². The van der Waals surface area contributed by atoms with Crippen molar-refractivity contribution in [2.75, 3.05) is 39.5 Å². The van der Waals surface area contributed by atoms with Crippen LogP contribution in [0.4, 0.5) is 0 Å². The third-order valence-corrected chi connectivity index (χ3v) is 5.90. The number of ether oxygens (including phenoxy) is 1. The third-order valence-electron chi connectivity index (χ3n) is 4.60. The van der Waals surface area contributed by atoms with Crippen LogP contribution in [0.2, 0.25) is 0 Å². The van der Waals surface area contributed by atoms with E-state index >= 15 is 0 Å². The Morgan fingerprint density at radius 1 is 1.32 bits per heavy atom. The van der Waals surface area contributed by atoms with Crippen LogP contribution in [-0.4, -0.2) is 58.2 Å². The van der Waals surface area contributed by atoms with E-state index in [9.17, 15) is 8.42 Å². The normalized spacial score (nSPS) is 16.1. The number of piperidine rings is 1. The van der Waals surface area contributed by atoms with Gasteiger partial charge in [0.1, 0.15) is 12.4 Å². The molecule has 0 atom stereocenters. The minimum atomic E-state index is -3.08. The summed E-state index contributed by atoms with van der Waals surface area (Å²) in [7, 11) is -1.34. The van der Waals surface area contributed by atoms with Gasteiger partial charge in [-0.25, -0.2) is 12.7 Å². The fourth-order valence-electron chi connectivity index (χ4n) is 3.03. The summed E-state index contributed by atoms with van der Waals surface area (Å²) >= 11 is 0. The molecule has 0 saturated carbocycles. The van der Waals surface area contributed by atoms with Gasteiger partial charge in [-0.15, -0.1) is 24.0 Å². The quantitative estimate of drug-likeness (QED) is 0.237. The fourth-order valence-corrected chi connectivity index (χ4v) is 3.90. The van der Waals surface area contributed by atoms with Crippen LogP contribution >= 0.6 is 24.0 Å². The second-order valence-corrected chi connectivity index (χ2v) is 8.60. The van der Waals surface area contributed by atoms with E-state index in [4.69, 9.17) is 4.74 Å². The molecule has 0 spiro atoms. The van der Waals surface area contributed by atoms with E-state index in [0.717, 1.165) is 36.7 Å². The molecule has 0 radical (unpaired) electrons. The number of aliphatic imine (C=N–C) groups is 1. The number of para-hydroxylation sites is 1. The Balaban J connectivity index is 0.00000392. The van der Waals surface area contributed by atoms with Crippen molar-refractivity contribution in [2.24, 2.45) is 10.9 Å². The number of rotatable bonds is 8. The molecule has 9 heteroatoms. The summed E-state index contributed by atoms with van der Waals surface area (Å²) < 4.78 is 30.4. The van der Waals surface area contributed by atoms with E-state index in [0.29, 0.717) is 32.2 Å². The Morgan fingerprint density at radius 3 is 2.61 bits per heavy atom. The molecule has 1 heterocycles. The lowest BCUT2D eigenvalue weighted by atomic mass is 9.98. The standard InChI is InChI=1S/C19H30N4O3S.HI/c1-4-13-26-18-8-6-5-7-17(18)15-22-19(20-2)21-14-16-9-11-23(12-10-16)27(3,24)25;/h4-8,16H,1,9-15H2,2-3H3,(H2,20,21,22);1H. The minimum absolute atomic E-state index is 0. The van der Waals surface area contributed by atoms with Gasteiger partial charge in [0, 0.05) is 38.8 Å². The topological polar surface area (TPSA) is 83.0 Å². The Morgan fingerprint density at radius 2 is 2.00 bits per heavy atom. The maximum absolute atomic E-state index is 11.6. The van der Waals surface area contributed by atoms with Crippen molar-refractivity contribution in [2.45, 2.75) is 19.4 Å². The molecule has 1 aliphatic heterocycles. The van der Waals surface area contributed by atoms with Gasteiger partial charge in [0.05, 0.1) is 6.26 Å². The van der Waals surface area contributed by atoms with Gasteiger partial charge in [-0.2, -0.15) is 0 Å².